The smallest absolute Gasteiger partial charge is 0.230 e. The predicted octanol–water partition coefficient (Wildman–Crippen LogP) is 4.15. The van der Waals surface area contributed by atoms with Crippen LogP contribution in [0.4, 0.5) is 0 Å². The molecule has 0 unspecified atom stereocenters. The summed E-state index contributed by atoms with van der Waals surface area (Å²) in [7, 11) is 0. The molecule has 3 nitrogen and oxygen atoms in total. The first-order valence-corrected chi connectivity index (χ1v) is 9.42. The normalized spacial score (nSPS) is 10.8. The first kappa shape index (κ1) is 16.0. The van der Waals surface area contributed by atoms with Crippen molar-refractivity contribution in [3.63, 3.8) is 0 Å². The minimum absolute atomic E-state index is 0.0573. The molecule has 0 saturated heterocycles. The lowest BCUT2D eigenvalue weighted by atomic mass is 10.2. The standard InChI is InChI=1S/C18H18N2OS2/c1-13-5-4-6-14(9-13)11-22-12-17(21)19-10-18-20-15-7-2-3-8-16(15)23-18/h2-9H,10-12H2,1H3,(H,19,21). The zero-order valence-corrected chi connectivity index (χ0v) is 14.5. The average molecular weight is 342 g/mol. The van der Waals surface area contributed by atoms with Gasteiger partial charge in [-0.05, 0) is 24.6 Å². The summed E-state index contributed by atoms with van der Waals surface area (Å²) in [4.78, 5) is 16.5. The van der Waals surface area contributed by atoms with Crippen LogP contribution in [-0.2, 0) is 17.1 Å². The molecule has 0 aliphatic heterocycles. The Balaban J connectivity index is 1.44. The molecule has 3 rings (SSSR count). The molecule has 1 amide bonds. The van der Waals surface area contributed by atoms with Gasteiger partial charge in [-0.25, -0.2) is 4.98 Å². The minimum atomic E-state index is 0.0573. The summed E-state index contributed by atoms with van der Waals surface area (Å²) in [5.41, 5.74) is 3.51. The van der Waals surface area contributed by atoms with Gasteiger partial charge in [0.05, 0.1) is 22.5 Å². The molecule has 1 heterocycles. The highest BCUT2D eigenvalue weighted by atomic mass is 32.2. The molecule has 3 aromatic rings. The lowest BCUT2D eigenvalue weighted by Gasteiger charge is -2.04. The zero-order chi connectivity index (χ0) is 16.1. The van der Waals surface area contributed by atoms with Crippen molar-refractivity contribution in [1.82, 2.24) is 10.3 Å². The molecule has 0 saturated carbocycles. The van der Waals surface area contributed by atoms with Gasteiger partial charge in [0.25, 0.3) is 0 Å². The summed E-state index contributed by atoms with van der Waals surface area (Å²) in [6.07, 6.45) is 0. The van der Waals surface area contributed by atoms with Crippen LogP contribution in [0.15, 0.2) is 48.5 Å². The maximum atomic E-state index is 11.9. The fourth-order valence-corrected chi connectivity index (χ4v) is 4.00. The van der Waals surface area contributed by atoms with Crippen molar-refractivity contribution in [3.05, 3.63) is 64.7 Å². The summed E-state index contributed by atoms with van der Waals surface area (Å²) in [5.74, 6) is 1.39. The van der Waals surface area contributed by atoms with Gasteiger partial charge >= 0.3 is 0 Å². The molecule has 5 heteroatoms. The highest BCUT2D eigenvalue weighted by Crippen LogP contribution is 2.21. The average Bonchev–Trinajstić information content (AvgIpc) is 2.96. The largest absolute Gasteiger partial charge is 0.349 e. The highest BCUT2D eigenvalue weighted by molar-refractivity contribution is 7.99. The van der Waals surface area contributed by atoms with Gasteiger partial charge in [-0.2, -0.15) is 0 Å². The van der Waals surface area contributed by atoms with E-state index in [1.165, 1.54) is 11.1 Å². The minimum Gasteiger partial charge on any atom is -0.349 e. The van der Waals surface area contributed by atoms with E-state index < -0.39 is 0 Å². The van der Waals surface area contributed by atoms with Crippen LogP contribution in [0.5, 0.6) is 0 Å². The van der Waals surface area contributed by atoms with Crippen LogP contribution < -0.4 is 5.32 Å². The van der Waals surface area contributed by atoms with E-state index in [0.29, 0.717) is 12.3 Å². The van der Waals surface area contributed by atoms with E-state index >= 15 is 0 Å². The van der Waals surface area contributed by atoms with Crippen molar-refractivity contribution in [1.29, 1.82) is 0 Å². The SMILES string of the molecule is Cc1cccc(CSCC(=O)NCc2nc3ccccc3s2)c1. The van der Waals surface area contributed by atoms with Crippen LogP contribution in [0.2, 0.25) is 0 Å². The van der Waals surface area contributed by atoms with Crippen molar-refractivity contribution < 1.29 is 4.79 Å². The summed E-state index contributed by atoms with van der Waals surface area (Å²) < 4.78 is 1.16. The number of fused-ring (bicyclic) bond motifs is 1. The first-order valence-electron chi connectivity index (χ1n) is 7.45. The second-order valence-electron chi connectivity index (χ2n) is 5.33. The number of hydrogen-bond acceptors (Lipinski definition) is 4. The molecular weight excluding hydrogens is 324 g/mol. The number of hydrogen-bond donors (Lipinski definition) is 1. The van der Waals surface area contributed by atoms with Crippen LogP contribution in [-0.4, -0.2) is 16.6 Å². The van der Waals surface area contributed by atoms with Crippen LogP contribution in [0.25, 0.3) is 10.2 Å². The Morgan fingerprint density at radius 2 is 2.09 bits per heavy atom. The van der Waals surface area contributed by atoms with E-state index in [1.807, 2.05) is 18.2 Å². The second-order valence-corrected chi connectivity index (χ2v) is 7.43. The quantitative estimate of drug-likeness (QED) is 0.731. The number of nitrogens with zero attached hydrogens (tertiary/aromatic N) is 1. The van der Waals surface area contributed by atoms with Gasteiger partial charge in [0.15, 0.2) is 0 Å². The number of nitrogens with one attached hydrogen (secondary N) is 1. The van der Waals surface area contributed by atoms with Gasteiger partial charge in [-0.3, -0.25) is 4.79 Å². The van der Waals surface area contributed by atoms with Crippen molar-refractivity contribution in [2.24, 2.45) is 0 Å². The molecule has 1 N–H and O–H groups in total. The summed E-state index contributed by atoms with van der Waals surface area (Å²) in [6.45, 7) is 2.59. The Morgan fingerprint density at radius 3 is 2.91 bits per heavy atom. The number of carbonyl (C=O) groups is 1. The molecule has 0 fully saturated rings. The lowest BCUT2D eigenvalue weighted by molar-refractivity contribution is -0.118. The van der Waals surface area contributed by atoms with E-state index in [0.717, 1.165) is 21.0 Å². The van der Waals surface area contributed by atoms with Gasteiger partial charge < -0.3 is 5.32 Å². The number of thiazole rings is 1. The Bertz CT molecular complexity index is 780. The molecule has 0 atom stereocenters. The number of thioether (sulfide) groups is 1. The van der Waals surface area contributed by atoms with E-state index in [2.05, 4.69) is 47.6 Å². The zero-order valence-electron chi connectivity index (χ0n) is 12.9. The molecule has 1 aromatic heterocycles. The molecule has 0 aliphatic carbocycles. The highest BCUT2D eigenvalue weighted by Gasteiger charge is 2.06. The molecule has 0 spiro atoms. The fraction of sp³-hybridized carbons (Fsp3) is 0.222. The van der Waals surface area contributed by atoms with E-state index in [4.69, 9.17) is 0 Å². The third-order valence-corrected chi connectivity index (χ3v) is 5.40. The van der Waals surface area contributed by atoms with Crippen molar-refractivity contribution in [2.45, 2.75) is 19.2 Å². The van der Waals surface area contributed by atoms with E-state index in [-0.39, 0.29) is 5.91 Å². The number of carbonyl (C=O) groups excluding carboxylic acids is 1. The molecule has 2 aromatic carbocycles. The Morgan fingerprint density at radius 1 is 1.22 bits per heavy atom. The third-order valence-electron chi connectivity index (χ3n) is 3.36. The topological polar surface area (TPSA) is 42.0 Å². The van der Waals surface area contributed by atoms with E-state index in [9.17, 15) is 4.79 Å². The number of aryl methyl sites for hydroxylation is 1. The van der Waals surface area contributed by atoms with Crippen LogP contribution >= 0.6 is 23.1 Å². The number of para-hydroxylation sites is 1. The molecule has 23 heavy (non-hydrogen) atoms. The first-order chi connectivity index (χ1) is 11.2. The lowest BCUT2D eigenvalue weighted by Crippen LogP contribution is -2.24. The molecule has 118 valence electrons. The van der Waals surface area contributed by atoms with Gasteiger partial charge in [0, 0.05) is 5.75 Å². The van der Waals surface area contributed by atoms with Crippen LogP contribution in [0.3, 0.4) is 0 Å². The number of rotatable bonds is 6. The van der Waals surface area contributed by atoms with E-state index in [1.54, 1.807) is 23.1 Å². The molecule has 0 radical (unpaired) electrons. The predicted molar refractivity (Wildman–Crippen MR) is 98.8 cm³/mol. The number of aromatic nitrogens is 1. The monoisotopic (exact) mass is 342 g/mol. The molecular formula is C18H18N2OS2. The maximum Gasteiger partial charge on any atom is 0.230 e. The Hall–Kier alpha value is -1.85. The second kappa shape index (κ2) is 7.62. The summed E-state index contributed by atoms with van der Waals surface area (Å²) in [6, 6.07) is 16.4. The van der Waals surface area contributed by atoms with Crippen molar-refractivity contribution >= 4 is 39.2 Å². The molecule has 0 bridgehead atoms. The number of amides is 1. The van der Waals surface area contributed by atoms with Gasteiger partial charge in [-0.1, -0.05) is 42.0 Å². The fourth-order valence-electron chi connectivity index (χ4n) is 2.28. The van der Waals surface area contributed by atoms with Gasteiger partial charge in [0.2, 0.25) is 5.91 Å². The Labute approximate surface area is 144 Å². The summed E-state index contributed by atoms with van der Waals surface area (Å²) in [5, 5.41) is 3.89. The summed E-state index contributed by atoms with van der Waals surface area (Å²) >= 11 is 3.26. The maximum absolute atomic E-state index is 11.9. The third kappa shape index (κ3) is 4.56. The van der Waals surface area contributed by atoms with Gasteiger partial charge in [-0.15, -0.1) is 23.1 Å². The van der Waals surface area contributed by atoms with Crippen LogP contribution in [0.1, 0.15) is 16.1 Å². The Kier molecular flexibility index (Phi) is 5.31. The van der Waals surface area contributed by atoms with Crippen molar-refractivity contribution in [2.75, 3.05) is 5.75 Å². The number of benzene rings is 2. The van der Waals surface area contributed by atoms with Crippen LogP contribution in [0, 0.1) is 6.92 Å². The van der Waals surface area contributed by atoms with Gasteiger partial charge in [0.1, 0.15) is 5.01 Å². The molecule has 0 aliphatic rings. The van der Waals surface area contributed by atoms with Crippen molar-refractivity contribution in [3.8, 4) is 0 Å².